The molecule has 6 nitrogen and oxygen atoms in total. The first-order valence-corrected chi connectivity index (χ1v) is 25.1. The normalized spacial score (nSPS) is 12.8. The van der Waals surface area contributed by atoms with E-state index in [1.54, 1.807) is 0 Å². The second-order valence-corrected chi connectivity index (χ2v) is 16.3. The van der Waals surface area contributed by atoms with Gasteiger partial charge in [-0.15, -0.1) is 0 Å². The first-order chi connectivity index (χ1) is 30.0. The van der Waals surface area contributed by atoms with Crippen LogP contribution >= 0.6 is 0 Å². The highest BCUT2D eigenvalue weighted by Crippen LogP contribution is 2.15. The average molecular weight is 849 g/mol. The third-order valence-corrected chi connectivity index (χ3v) is 10.4. The maximum Gasteiger partial charge on any atom is 0.306 e. The zero-order chi connectivity index (χ0) is 44.4. The SMILES string of the molecule is CC/C=C\C/C=C\C/C=C\C/C=C\CCCCC(=O)OCC(COC(=O)CCCCC/C=C\C/C=C\C/C=C\CC)OC(=O)CCCCCCCCCCCCCCCCC. The highest BCUT2D eigenvalue weighted by Gasteiger charge is 2.19. The summed E-state index contributed by atoms with van der Waals surface area (Å²) in [5, 5.41) is 0. The van der Waals surface area contributed by atoms with Gasteiger partial charge in [-0.3, -0.25) is 14.4 Å². The van der Waals surface area contributed by atoms with Crippen LogP contribution in [0.3, 0.4) is 0 Å². The number of hydrogen-bond acceptors (Lipinski definition) is 6. The molecule has 6 heteroatoms. The molecule has 1 atom stereocenters. The lowest BCUT2D eigenvalue weighted by atomic mass is 10.0. The van der Waals surface area contributed by atoms with Crippen LogP contribution in [0.25, 0.3) is 0 Å². The minimum atomic E-state index is -0.803. The Hall–Kier alpha value is -3.41. The second kappa shape index (κ2) is 49.2. The van der Waals surface area contributed by atoms with Crippen molar-refractivity contribution in [2.45, 2.75) is 232 Å². The smallest absolute Gasteiger partial charge is 0.306 e. The monoisotopic (exact) mass is 849 g/mol. The summed E-state index contributed by atoms with van der Waals surface area (Å²) in [5.74, 6) is -0.973. The molecule has 0 saturated carbocycles. The van der Waals surface area contributed by atoms with Crippen LogP contribution in [0.15, 0.2) is 85.1 Å². The lowest BCUT2D eigenvalue weighted by Gasteiger charge is -2.18. The van der Waals surface area contributed by atoms with Crippen molar-refractivity contribution in [1.82, 2.24) is 0 Å². The molecule has 0 heterocycles. The second-order valence-electron chi connectivity index (χ2n) is 16.3. The van der Waals surface area contributed by atoms with Crippen molar-refractivity contribution in [2.75, 3.05) is 13.2 Å². The number of rotatable bonds is 44. The van der Waals surface area contributed by atoms with Crippen molar-refractivity contribution in [3.8, 4) is 0 Å². The third kappa shape index (κ3) is 47.5. The van der Waals surface area contributed by atoms with Crippen molar-refractivity contribution in [1.29, 1.82) is 0 Å². The molecule has 0 aromatic rings. The largest absolute Gasteiger partial charge is 0.462 e. The van der Waals surface area contributed by atoms with Crippen molar-refractivity contribution >= 4 is 17.9 Å². The Balaban J connectivity index is 4.48. The van der Waals surface area contributed by atoms with Crippen LogP contribution < -0.4 is 0 Å². The van der Waals surface area contributed by atoms with Crippen molar-refractivity contribution in [3.05, 3.63) is 85.1 Å². The highest BCUT2D eigenvalue weighted by molar-refractivity contribution is 5.71. The number of allylic oxidation sites excluding steroid dienone is 14. The molecule has 0 saturated heterocycles. The molecule has 0 N–H and O–H groups in total. The van der Waals surface area contributed by atoms with Crippen LogP contribution in [0.5, 0.6) is 0 Å². The topological polar surface area (TPSA) is 78.9 Å². The van der Waals surface area contributed by atoms with Crippen LogP contribution in [0.1, 0.15) is 226 Å². The molecule has 0 aliphatic rings. The fraction of sp³-hybridized carbons (Fsp3) is 0.691. The van der Waals surface area contributed by atoms with Gasteiger partial charge in [-0.1, -0.05) is 202 Å². The molecule has 0 bridgehead atoms. The predicted octanol–water partition coefficient (Wildman–Crippen LogP) is 16.4. The summed E-state index contributed by atoms with van der Waals surface area (Å²) in [7, 11) is 0. The number of unbranched alkanes of at least 4 members (excludes halogenated alkanes) is 19. The molecule has 0 amide bonds. The summed E-state index contributed by atoms with van der Waals surface area (Å²) in [6, 6.07) is 0. The van der Waals surface area contributed by atoms with E-state index in [2.05, 4.69) is 106 Å². The van der Waals surface area contributed by atoms with E-state index in [4.69, 9.17) is 14.2 Å². The van der Waals surface area contributed by atoms with Gasteiger partial charge in [-0.2, -0.15) is 0 Å². The van der Waals surface area contributed by atoms with Gasteiger partial charge in [-0.05, 0) is 89.9 Å². The van der Waals surface area contributed by atoms with E-state index in [1.165, 1.54) is 77.0 Å². The summed E-state index contributed by atoms with van der Waals surface area (Å²) >= 11 is 0. The zero-order valence-corrected chi connectivity index (χ0v) is 39.7. The highest BCUT2D eigenvalue weighted by atomic mass is 16.6. The van der Waals surface area contributed by atoms with E-state index < -0.39 is 6.10 Å². The quantitative estimate of drug-likeness (QED) is 0.0263. The van der Waals surface area contributed by atoms with E-state index in [9.17, 15) is 14.4 Å². The molecule has 0 spiro atoms. The first kappa shape index (κ1) is 57.6. The average Bonchev–Trinajstić information content (AvgIpc) is 3.26. The molecule has 0 rings (SSSR count). The van der Waals surface area contributed by atoms with Crippen molar-refractivity contribution in [3.63, 3.8) is 0 Å². The van der Waals surface area contributed by atoms with Crippen LogP contribution in [0.2, 0.25) is 0 Å². The lowest BCUT2D eigenvalue weighted by molar-refractivity contribution is -0.167. The van der Waals surface area contributed by atoms with Gasteiger partial charge in [0.05, 0.1) is 0 Å². The number of hydrogen-bond donors (Lipinski definition) is 0. The van der Waals surface area contributed by atoms with Crippen LogP contribution in [0, 0.1) is 0 Å². The molecular weight excluding hydrogens is 757 g/mol. The minimum Gasteiger partial charge on any atom is -0.462 e. The predicted molar refractivity (Wildman–Crippen MR) is 261 cm³/mol. The molecule has 1 unspecified atom stereocenters. The van der Waals surface area contributed by atoms with Crippen LogP contribution in [0.4, 0.5) is 0 Å². The van der Waals surface area contributed by atoms with E-state index in [1.807, 2.05) is 0 Å². The fourth-order valence-electron chi connectivity index (χ4n) is 6.68. The first-order valence-electron chi connectivity index (χ1n) is 25.1. The Kier molecular flexibility index (Phi) is 46.5. The molecule has 348 valence electrons. The molecule has 0 aliphatic carbocycles. The Morgan fingerprint density at radius 2 is 0.639 bits per heavy atom. The molecular formula is C55H92O6. The molecule has 61 heavy (non-hydrogen) atoms. The van der Waals surface area contributed by atoms with Gasteiger partial charge in [-0.25, -0.2) is 0 Å². The van der Waals surface area contributed by atoms with E-state index in [-0.39, 0.29) is 31.1 Å². The van der Waals surface area contributed by atoms with E-state index >= 15 is 0 Å². The molecule has 0 aliphatic heterocycles. The Morgan fingerprint density at radius 1 is 0.344 bits per heavy atom. The Bertz CT molecular complexity index is 1200. The summed E-state index contributed by atoms with van der Waals surface area (Å²) in [5.41, 5.74) is 0. The minimum absolute atomic E-state index is 0.104. The fourth-order valence-corrected chi connectivity index (χ4v) is 6.68. The maximum atomic E-state index is 12.8. The van der Waals surface area contributed by atoms with Crippen molar-refractivity contribution < 1.29 is 28.6 Å². The van der Waals surface area contributed by atoms with Gasteiger partial charge in [0.15, 0.2) is 6.10 Å². The maximum absolute atomic E-state index is 12.8. The molecule has 0 radical (unpaired) electrons. The van der Waals surface area contributed by atoms with Crippen molar-refractivity contribution in [2.24, 2.45) is 0 Å². The third-order valence-electron chi connectivity index (χ3n) is 10.4. The van der Waals surface area contributed by atoms with Gasteiger partial charge in [0.1, 0.15) is 13.2 Å². The molecule has 0 aromatic carbocycles. The number of carbonyl (C=O) groups excluding carboxylic acids is 3. The van der Waals surface area contributed by atoms with Gasteiger partial charge in [0.2, 0.25) is 0 Å². The summed E-state index contributed by atoms with van der Waals surface area (Å²) in [4.78, 5) is 37.9. The number of carbonyl (C=O) groups is 3. The summed E-state index contributed by atoms with van der Waals surface area (Å²) < 4.78 is 16.7. The van der Waals surface area contributed by atoms with Gasteiger partial charge >= 0.3 is 17.9 Å². The molecule has 0 fully saturated rings. The van der Waals surface area contributed by atoms with Gasteiger partial charge < -0.3 is 14.2 Å². The summed E-state index contributed by atoms with van der Waals surface area (Å²) in [6.07, 6.45) is 62.8. The van der Waals surface area contributed by atoms with E-state index in [0.717, 1.165) is 109 Å². The standard InChI is InChI=1S/C55H92O6/c1-4-7-10-13-16-19-22-25-27-30-33-36-39-42-45-48-54(57)60-51-52(50-59-53(56)47-44-41-38-35-32-29-24-21-18-15-12-9-6-3)61-55(58)49-46-43-40-37-34-31-28-26-23-20-17-14-11-8-5-2/h7,9-10,12,16,18-19,21,25,27,29,32-33,36,52H,4-6,8,11,13-15,17,20,22-24,26,28,30-31,34-35,37-51H2,1-3H3/b10-7-,12-9-,19-16-,21-18-,27-25-,32-29-,36-33-. The molecule has 0 aromatic heterocycles. The summed E-state index contributed by atoms with van der Waals surface area (Å²) in [6.45, 7) is 6.34. The Labute approximate surface area is 375 Å². The van der Waals surface area contributed by atoms with Gasteiger partial charge in [0.25, 0.3) is 0 Å². The van der Waals surface area contributed by atoms with E-state index in [0.29, 0.717) is 19.3 Å². The lowest BCUT2D eigenvalue weighted by Crippen LogP contribution is -2.30. The zero-order valence-electron chi connectivity index (χ0n) is 39.7. The van der Waals surface area contributed by atoms with Crippen LogP contribution in [-0.2, 0) is 28.6 Å². The number of esters is 3. The Morgan fingerprint density at radius 3 is 1.03 bits per heavy atom. The van der Waals surface area contributed by atoms with Crippen LogP contribution in [-0.4, -0.2) is 37.2 Å². The van der Waals surface area contributed by atoms with Gasteiger partial charge in [0, 0.05) is 19.3 Å². The number of ether oxygens (including phenoxy) is 3.